The van der Waals surface area contributed by atoms with Crippen molar-refractivity contribution in [2.45, 2.75) is 25.8 Å². The van der Waals surface area contributed by atoms with Crippen molar-refractivity contribution in [1.29, 1.82) is 0 Å². The topological polar surface area (TPSA) is 105 Å². The fourth-order valence-electron chi connectivity index (χ4n) is 3.47. The number of aliphatic carboxylic acids is 1. The van der Waals surface area contributed by atoms with Gasteiger partial charge in [0.25, 0.3) is 11.5 Å². The van der Waals surface area contributed by atoms with Crippen molar-refractivity contribution in [1.82, 2.24) is 9.88 Å². The Labute approximate surface area is 162 Å². The lowest BCUT2D eigenvalue weighted by Gasteiger charge is -2.31. The van der Waals surface area contributed by atoms with Gasteiger partial charge in [-0.2, -0.15) is 0 Å². The van der Waals surface area contributed by atoms with Crippen LogP contribution in [-0.2, 0) is 11.3 Å². The highest BCUT2D eigenvalue weighted by Crippen LogP contribution is 2.36. The summed E-state index contributed by atoms with van der Waals surface area (Å²) in [7, 11) is 1.43. The molecular formula is C21H22N2O5. The van der Waals surface area contributed by atoms with Gasteiger partial charge in [-0.25, -0.2) is 0 Å². The van der Waals surface area contributed by atoms with Gasteiger partial charge in [0.05, 0.1) is 12.5 Å². The lowest BCUT2D eigenvalue weighted by Crippen LogP contribution is -2.33. The number of ketones is 1. The van der Waals surface area contributed by atoms with E-state index in [9.17, 15) is 19.2 Å². The summed E-state index contributed by atoms with van der Waals surface area (Å²) in [5, 5.41) is 11.4. The van der Waals surface area contributed by atoms with E-state index < -0.39 is 17.4 Å². The van der Waals surface area contributed by atoms with E-state index in [1.807, 2.05) is 30.3 Å². The molecule has 1 heterocycles. The van der Waals surface area contributed by atoms with Gasteiger partial charge in [-0.15, -0.1) is 0 Å². The Hall–Kier alpha value is -3.22. The molecule has 2 aromatic rings. The SMILES string of the molecule is CNC(=O)c1cc(C(=O)CC2CC(C(=O)O)C2)cn(Cc2ccccc2)c1=O. The Bertz CT molecular complexity index is 959. The van der Waals surface area contributed by atoms with Gasteiger partial charge in [-0.1, -0.05) is 30.3 Å². The molecule has 0 saturated heterocycles. The highest BCUT2D eigenvalue weighted by atomic mass is 16.4. The third-order valence-electron chi connectivity index (χ3n) is 5.13. The van der Waals surface area contributed by atoms with E-state index in [4.69, 9.17) is 5.11 Å². The minimum Gasteiger partial charge on any atom is -0.481 e. The van der Waals surface area contributed by atoms with E-state index in [1.165, 1.54) is 23.9 Å². The summed E-state index contributed by atoms with van der Waals surface area (Å²) < 4.78 is 1.37. The number of hydrogen-bond acceptors (Lipinski definition) is 4. The fourth-order valence-corrected chi connectivity index (χ4v) is 3.47. The van der Waals surface area contributed by atoms with Gasteiger partial charge in [0, 0.05) is 25.2 Å². The van der Waals surface area contributed by atoms with Gasteiger partial charge in [0.1, 0.15) is 5.56 Å². The number of amides is 1. The first-order chi connectivity index (χ1) is 13.4. The summed E-state index contributed by atoms with van der Waals surface area (Å²) >= 11 is 0. The second kappa shape index (κ2) is 8.21. The molecule has 0 unspecified atom stereocenters. The molecule has 1 fully saturated rings. The normalized spacial score (nSPS) is 18.2. The van der Waals surface area contributed by atoms with Crippen LogP contribution in [0.15, 0.2) is 47.4 Å². The van der Waals surface area contributed by atoms with Gasteiger partial charge >= 0.3 is 5.97 Å². The monoisotopic (exact) mass is 382 g/mol. The molecule has 0 radical (unpaired) electrons. The summed E-state index contributed by atoms with van der Waals surface area (Å²) in [4.78, 5) is 48.4. The van der Waals surface area contributed by atoms with Crippen molar-refractivity contribution in [2.24, 2.45) is 11.8 Å². The quantitative estimate of drug-likeness (QED) is 0.712. The molecule has 0 bridgehead atoms. The van der Waals surface area contributed by atoms with E-state index >= 15 is 0 Å². The largest absolute Gasteiger partial charge is 0.481 e. The number of nitrogens with one attached hydrogen (secondary N) is 1. The molecule has 2 N–H and O–H groups in total. The van der Waals surface area contributed by atoms with Crippen LogP contribution in [0.5, 0.6) is 0 Å². The molecule has 1 aromatic heterocycles. The molecule has 28 heavy (non-hydrogen) atoms. The molecule has 7 heteroatoms. The lowest BCUT2D eigenvalue weighted by atomic mass is 9.72. The minimum absolute atomic E-state index is 0.0200. The number of nitrogens with zero attached hydrogens (tertiary/aromatic N) is 1. The number of hydrogen-bond donors (Lipinski definition) is 2. The van der Waals surface area contributed by atoms with Gasteiger partial charge < -0.3 is 15.0 Å². The number of carboxylic acid groups (broad SMARTS) is 1. The Morgan fingerprint density at radius 3 is 2.46 bits per heavy atom. The molecule has 1 saturated carbocycles. The minimum atomic E-state index is -0.831. The maximum Gasteiger partial charge on any atom is 0.306 e. The molecule has 1 aromatic carbocycles. The maximum absolute atomic E-state index is 12.7. The van der Waals surface area contributed by atoms with E-state index in [-0.39, 0.29) is 41.7 Å². The van der Waals surface area contributed by atoms with E-state index in [0.717, 1.165) is 5.56 Å². The van der Waals surface area contributed by atoms with Gasteiger partial charge in [0.15, 0.2) is 5.78 Å². The molecule has 146 valence electrons. The highest BCUT2D eigenvalue weighted by Gasteiger charge is 2.35. The molecule has 0 spiro atoms. The van der Waals surface area contributed by atoms with Crippen LogP contribution in [0, 0.1) is 11.8 Å². The van der Waals surface area contributed by atoms with Crippen LogP contribution in [0.3, 0.4) is 0 Å². The predicted octanol–water partition coefficient (Wildman–Crippen LogP) is 1.94. The highest BCUT2D eigenvalue weighted by molar-refractivity contribution is 6.00. The smallest absolute Gasteiger partial charge is 0.306 e. The van der Waals surface area contributed by atoms with Crippen molar-refractivity contribution in [3.05, 3.63) is 69.6 Å². The second-order valence-corrected chi connectivity index (χ2v) is 7.14. The number of Topliss-reactive ketones (excluding diaryl/α,β-unsaturated/α-hetero) is 1. The average Bonchev–Trinajstić information content (AvgIpc) is 2.65. The van der Waals surface area contributed by atoms with Crippen LogP contribution in [0.2, 0.25) is 0 Å². The second-order valence-electron chi connectivity index (χ2n) is 7.14. The third-order valence-corrected chi connectivity index (χ3v) is 5.13. The molecule has 1 aliphatic carbocycles. The van der Waals surface area contributed by atoms with Crippen LogP contribution >= 0.6 is 0 Å². The van der Waals surface area contributed by atoms with Crippen LogP contribution in [-0.4, -0.2) is 34.4 Å². The van der Waals surface area contributed by atoms with E-state index in [1.54, 1.807) is 0 Å². The summed E-state index contributed by atoms with van der Waals surface area (Å²) in [5.74, 6) is -1.93. The molecule has 0 atom stereocenters. The fraction of sp³-hybridized carbons (Fsp3) is 0.333. The Kier molecular flexibility index (Phi) is 5.73. The number of benzene rings is 1. The Balaban J connectivity index is 1.86. The number of pyridine rings is 1. The molecule has 1 aliphatic rings. The zero-order chi connectivity index (χ0) is 20.3. The van der Waals surface area contributed by atoms with Crippen molar-refractivity contribution < 1.29 is 19.5 Å². The number of aromatic nitrogens is 1. The summed E-state index contributed by atoms with van der Waals surface area (Å²) in [6.07, 6.45) is 2.65. The van der Waals surface area contributed by atoms with Crippen LogP contribution in [0.1, 0.15) is 45.5 Å². The summed E-state index contributed by atoms with van der Waals surface area (Å²) in [6, 6.07) is 10.6. The number of rotatable bonds is 7. The molecule has 7 nitrogen and oxygen atoms in total. The van der Waals surface area contributed by atoms with Crippen molar-refractivity contribution in [3.8, 4) is 0 Å². The number of carbonyl (C=O) groups excluding carboxylic acids is 2. The number of carboxylic acids is 1. The third kappa shape index (κ3) is 4.19. The Morgan fingerprint density at radius 2 is 1.86 bits per heavy atom. The molecular weight excluding hydrogens is 360 g/mol. The first-order valence-electron chi connectivity index (χ1n) is 9.15. The molecule has 1 amide bonds. The first kappa shape index (κ1) is 19.5. The first-order valence-corrected chi connectivity index (χ1v) is 9.15. The summed E-state index contributed by atoms with van der Waals surface area (Å²) in [5.41, 5.74) is 0.615. The van der Waals surface area contributed by atoms with Crippen molar-refractivity contribution in [2.75, 3.05) is 7.05 Å². The van der Waals surface area contributed by atoms with Crippen LogP contribution in [0.4, 0.5) is 0 Å². The molecule has 0 aliphatic heterocycles. The zero-order valence-corrected chi connectivity index (χ0v) is 15.6. The predicted molar refractivity (Wildman–Crippen MR) is 102 cm³/mol. The van der Waals surface area contributed by atoms with E-state index in [0.29, 0.717) is 12.8 Å². The maximum atomic E-state index is 12.7. The standard InChI is InChI=1S/C21H22N2O5/c1-22-19(25)17-10-16(18(24)9-14-7-15(8-14)21(27)28)12-23(20(17)26)11-13-5-3-2-4-6-13/h2-6,10,12,14-15H,7-9,11H2,1H3,(H,22,25)(H,27,28). The Morgan fingerprint density at radius 1 is 1.18 bits per heavy atom. The average molecular weight is 382 g/mol. The van der Waals surface area contributed by atoms with Gasteiger partial charge in [-0.3, -0.25) is 19.2 Å². The van der Waals surface area contributed by atoms with Crippen molar-refractivity contribution >= 4 is 17.7 Å². The van der Waals surface area contributed by atoms with Crippen LogP contribution in [0.25, 0.3) is 0 Å². The summed E-state index contributed by atoms with van der Waals surface area (Å²) in [6.45, 7) is 0.245. The van der Waals surface area contributed by atoms with Crippen molar-refractivity contribution in [3.63, 3.8) is 0 Å². The number of carbonyl (C=O) groups is 3. The van der Waals surface area contributed by atoms with Crippen LogP contribution < -0.4 is 10.9 Å². The molecule has 3 rings (SSSR count). The van der Waals surface area contributed by atoms with Gasteiger partial charge in [-0.05, 0) is 30.4 Å². The zero-order valence-electron chi connectivity index (χ0n) is 15.6. The lowest BCUT2D eigenvalue weighted by molar-refractivity contribution is -0.146. The van der Waals surface area contributed by atoms with Gasteiger partial charge in [0.2, 0.25) is 0 Å². The van der Waals surface area contributed by atoms with E-state index in [2.05, 4.69) is 5.32 Å².